The molecule has 0 saturated heterocycles. The second kappa shape index (κ2) is 8.02. The number of hydrogen-bond acceptors (Lipinski definition) is 2. The molecule has 5 heteroatoms. The Bertz CT molecular complexity index is 443. The van der Waals surface area contributed by atoms with Crippen LogP contribution in [0.15, 0.2) is 36.9 Å². The van der Waals surface area contributed by atoms with Crippen LogP contribution in [0.1, 0.15) is 12.0 Å². The molecule has 19 heavy (non-hydrogen) atoms. The van der Waals surface area contributed by atoms with E-state index in [4.69, 9.17) is 0 Å². The molecule has 102 valence electrons. The fourth-order valence-electron chi connectivity index (χ4n) is 1.45. The van der Waals surface area contributed by atoms with Crippen LogP contribution in [0.5, 0.6) is 0 Å². The number of rotatable bonds is 7. The van der Waals surface area contributed by atoms with Gasteiger partial charge in [-0.2, -0.15) is 0 Å². The second-order valence-corrected chi connectivity index (χ2v) is 4.00. The van der Waals surface area contributed by atoms with Crippen molar-refractivity contribution in [2.45, 2.75) is 12.8 Å². The van der Waals surface area contributed by atoms with E-state index < -0.39 is 0 Å². The molecule has 0 heterocycles. The normalized spacial score (nSPS) is 9.74. The predicted molar refractivity (Wildman–Crippen MR) is 70.9 cm³/mol. The van der Waals surface area contributed by atoms with Gasteiger partial charge in [0.15, 0.2) is 0 Å². The van der Waals surface area contributed by atoms with Crippen molar-refractivity contribution < 1.29 is 14.0 Å². The van der Waals surface area contributed by atoms with E-state index in [2.05, 4.69) is 17.2 Å². The number of carbonyl (C=O) groups excluding carboxylic acids is 2. The molecule has 2 amide bonds. The van der Waals surface area contributed by atoms with E-state index in [1.807, 2.05) is 0 Å². The van der Waals surface area contributed by atoms with Crippen LogP contribution in [-0.4, -0.2) is 24.9 Å². The average molecular weight is 264 g/mol. The second-order valence-electron chi connectivity index (χ2n) is 4.00. The first-order chi connectivity index (χ1) is 9.11. The highest BCUT2D eigenvalue weighted by Gasteiger charge is 2.07. The number of carbonyl (C=O) groups is 2. The lowest BCUT2D eigenvalue weighted by atomic mass is 10.1. The maximum Gasteiger partial charge on any atom is 0.229 e. The van der Waals surface area contributed by atoms with E-state index in [0.29, 0.717) is 19.5 Å². The Kier molecular flexibility index (Phi) is 6.29. The number of amides is 2. The Morgan fingerprint density at radius 2 is 1.79 bits per heavy atom. The van der Waals surface area contributed by atoms with E-state index in [1.165, 1.54) is 12.1 Å². The van der Waals surface area contributed by atoms with Crippen LogP contribution in [0, 0.1) is 5.82 Å². The summed E-state index contributed by atoms with van der Waals surface area (Å²) in [7, 11) is 0. The Morgan fingerprint density at radius 3 is 2.42 bits per heavy atom. The zero-order chi connectivity index (χ0) is 14.1. The first-order valence-electron chi connectivity index (χ1n) is 6.00. The molecule has 0 fully saturated rings. The van der Waals surface area contributed by atoms with Gasteiger partial charge >= 0.3 is 0 Å². The van der Waals surface area contributed by atoms with E-state index in [1.54, 1.807) is 18.2 Å². The molecule has 0 atom stereocenters. The molecule has 1 rings (SSSR count). The van der Waals surface area contributed by atoms with Gasteiger partial charge in [-0.3, -0.25) is 9.59 Å². The molecular weight excluding hydrogens is 247 g/mol. The summed E-state index contributed by atoms with van der Waals surface area (Å²) in [5.41, 5.74) is 0.929. The number of benzene rings is 1. The Morgan fingerprint density at radius 1 is 1.16 bits per heavy atom. The lowest BCUT2D eigenvalue weighted by molar-refractivity contribution is -0.129. The minimum Gasteiger partial charge on any atom is -0.355 e. The summed E-state index contributed by atoms with van der Waals surface area (Å²) in [6, 6.07) is 6.08. The van der Waals surface area contributed by atoms with Gasteiger partial charge in [0.25, 0.3) is 0 Å². The first kappa shape index (κ1) is 14.9. The summed E-state index contributed by atoms with van der Waals surface area (Å²) in [6.45, 7) is 4.22. The highest BCUT2D eigenvalue weighted by molar-refractivity contribution is 5.96. The maximum atomic E-state index is 12.7. The third-order valence-electron chi connectivity index (χ3n) is 2.41. The van der Waals surface area contributed by atoms with Crippen molar-refractivity contribution in [3.05, 3.63) is 48.3 Å². The van der Waals surface area contributed by atoms with E-state index in [9.17, 15) is 14.0 Å². The SMILES string of the molecule is C=CCNC(=O)CC(=O)NCCc1ccc(F)cc1. The number of nitrogens with one attached hydrogen (secondary N) is 2. The fraction of sp³-hybridized carbons (Fsp3) is 0.286. The molecule has 2 N–H and O–H groups in total. The summed E-state index contributed by atoms with van der Waals surface area (Å²) in [5, 5.41) is 5.15. The molecule has 1 aromatic carbocycles. The molecule has 4 nitrogen and oxygen atoms in total. The molecule has 0 saturated carbocycles. The molecule has 0 aromatic heterocycles. The van der Waals surface area contributed by atoms with Crippen molar-refractivity contribution in [1.29, 1.82) is 0 Å². The third-order valence-corrected chi connectivity index (χ3v) is 2.41. The van der Waals surface area contributed by atoms with Gasteiger partial charge in [0.05, 0.1) is 0 Å². The Hall–Kier alpha value is -2.17. The first-order valence-corrected chi connectivity index (χ1v) is 6.00. The average Bonchev–Trinajstić information content (AvgIpc) is 2.38. The molecule has 0 aliphatic rings. The lowest BCUT2D eigenvalue weighted by Gasteiger charge is -2.05. The van der Waals surface area contributed by atoms with Crippen LogP contribution in [-0.2, 0) is 16.0 Å². The van der Waals surface area contributed by atoms with Crippen LogP contribution in [0.3, 0.4) is 0 Å². The Balaban J connectivity index is 2.21. The van der Waals surface area contributed by atoms with Crippen molar-refractivity contribution in [3.8, 4) is 0 Å². The highest BCUT2D eigenvalue weighted by atomic mass is 19.1. The molecule has 0 aliphatic heterocycles. The molecule has 0 radical (unpaired) electrons. The third kappa shape index (κ3) is 6.35. The topological polar surface area (TPSA) is 58.2 Å². The molecule has 1 aromatic rings. The zero-order valence-electron chi connectivity index (χ0n) is 10.6. The van der Waals surface area contributed by atoms with Gasteiger partial charge in [-0.25, -0.2) is 4.39 Å². The van der Waals surface area contributed by atoms with Crippen molar-refractivity contribution in [1.82, 2.24) is 10.6 Å². The summed E-state index contributed by atoms with van der Waals surface area (Å²) in [4.78, 5) is 22.6. The van der Waals surface area contributed by atoms with Gasteiger partial charge in [-0.05, 0) is 24.1 Å². The van der Waals surface area contributed by atoms with Gasteiger partial charge in [0, 0.05) is 13.1 Å². The molecule has 0 bridgehead atoms. The minimum atomic E-state index is -0.334. The van der Waals surface area contributed by atoms with Crippen LogP contribution in [0.4, 0.5) is 4.39 Å². The summed E-state index contributed by atoms with van der Waals surface area (Å²) >= 11 is 0. The molecule has 0 unspecified atom stereocenters. The number of halogens is 1. The summed E-state index contributed by atoms with van der Waals surface area (Å²) in [5.74, 6) is -0.950. The monoisotopic (exact) mass is 264 g/mol. The molecular formula is C14H17FN2O2. The van der Waals surface area contributed by atoms with Gasteiger partial charge in [-0.1, -0.05) is 18.2 Å². The smallest absolute Gasteiger partial charge is 0.229 e. The van der Waals surface area contributed by atoms with Crippen LogP contribution in [0.2, 0.25) is 0 Å². The van der Waals surface area contributed by atoms with Crippen molar-refractivity contribution in [2.24, 2.45) is 0 Å². The lowest BCUT2D eigenvalue weighted by Crippen LogP contribution is -2.32. The van der Waals surface area contributed by atoms with Gasteiger partial charge < -0.3 is 10.6 Å². The molecule has 0 spiro atoms. The van der Waals surface area contributed by atoms with Gasteiger partial charge in [0.2, 0.25) is 11.8 Å². The zero-order valence-corrected chi connectivity index (χ0v) is 10.6. The standard InChI is InChI=1S/C14H17FN2O2/c1-2-8-16-13(18)10-14(19)17-9-7-11-3-5-12(15)6-4-11/h2-6H,1,7-10H2,(H,16,18)(H,17,19). The molecule has 0 aliphatic carbocycles. The fourth-order valence-corrected chi connectivity index (χ4v) is 1.45. The van der Waals surface area contributed by atoms with E-state index in [0.717, 1.165) is 5.56 Å². The Labute approximate surface area is 111 Å². The largest absolute Gasteiger partial charge is 0.355 e. The highest BCUT2D eigenvalue weighted by Crippen LogP contribution is 2.02. The van der Waals surface area contributed by atoms with Gasteiger partial charge in [-0.15, -0.1) is 6.58 Å². The summed E-state index contributed by atoms with van der Waals surface area (Å²) in [6.07, 6.45) is 1.95. The van der Waals surface area contributed by atoms with Crippen LogP contribution < -0.4 is 10.6 Å². The van der Waals surface area contributed by atoms with Crippen molar-refractivity contribution >= 4 is 11.8 Å². The van der Waals surface area contributed by atoms with Crippen LogP contribution >= 0.6 is 0 Å². The van der Waals surface area contributed by atoms with E-state index >= 15 is 0 Å². The van der Waals surface area contributed by atoms with Crippen LogP contribution in [0.25, 0.3) is 0 Å². The quantitative estimate of drug-likeness (QED) is 0.574. The summed E-state index contributed by atoms with van der Waals surface area (Å²) < 4.78 is 12.7. The minimum absolute atomic E-state index is 0.197. The van der Waals surface area contributed by atoms with E-state index in [-0.39, 0.29) is 24.1 Å². The van der Waals surface area contributed by atoms with Crippen molar-refractivity contribution in [3.63, 3.8) is 0 Å². The number of hydrogen-bond donors (Lipinski definition) is 2. The van der Waals surface area contributed by atoms with Gasteiger partial charge in [0.1, 0.15) is 12.2 Å². The van der Waals surface area contributed by atoms with Crippen molar-refractivity contribution in [2.75, 3.05) is 13.1 Å². The maximum absolute atomic E-state index is 12.7. The predicted octanol–water partition coefficient (Wildman–Crippen LogP) is 1.18.